The van der Waals surface area contributed by atoms with Gasteiger partial charge in [-0.05, 0) is 37.0 Å². The first kappa shape index (κ1) is 14.8. The van der Waals surface area contributed by atoms with Crippen LogP contribution >= 0.6 is 0 Å². The number of rotatable bonds is 2. The molecular formula is C14H16F3NO2. The van der Waals surface area contributed by atoms with Crippen LogP contribution in [0.25, 0.3) is 0 Å². The summed E-state index contributed by atoms with van der Waals surface area (Å²) in [7, 11) is 0. The summed E-state index contributed by atoms with van der Waals surface area (Å²) in [6.45, 7) is -0.143. The second-order valence-corrected chi connectivity index (χ2v) is 4.88. The molecule has 1 amide bonds. The van der Waals surface area contributed by atoms with Crippen LogP contribution in [0.5, 0.6) is 0 Å². The molecule has 0 spiro atoms. The van der Waals surface area contributed by atoms with Gasteiger partial charge >= 0.3 is 6.18 Å². The van der Waals surface area contributed by atoms with Crippen molar-refractivity contribution in [2.45, 2.75) is 31.5 Å². The van der Waals surface area contributed by atoms with Crippen LogP contribution in [-0.4, -0.2) is 29.1 Å². The van der Waals surface area contributed by atoms with Gasteiger partial charge in [-0.2, -0.15) is 13.2 Å². The predicted octanol–water partition coefficient (Wildman–Crippen LogP) is 2.75. The monoisotopic (exact) mass is 287 g/mol. The molecule has 1 unspecified atom stereocenters. The molecule has 0 bridgehead atoms. The van der Waals surface area contributed by atoms with Gasteiger partial charge in [0.2, 0.25) is 5.91 Å². The molecule has 0 radical (unpaired) electrons. The molecule has 2 rings (SSSR count). The second-order valence-electron chi connectivity index (χ2n) is 4.88. The normalized spacial score (nSPS) is 20.0. The molecule has 0 aliphatic carbocycles. The number of likely N-dealkylation sites (tertiary alicyclic amines) is 1. The summed E-state index contributed by atoms with van der Waals surface area (Å²) in [5.74, 6) is -0.438. The van der Waals surface area contributed by atoms with E-state index < -0.39 is 24.3 Å². The Bertz CT molecular complexity index is 488. The SMILES string of the molecule is O=C(CO)N1CCCCC1c1cccc(C(F)(F)F)c1. The smallest absolute Gasteiger partial charge is 0.387 e. The maximum Gasteiger partial charge on any atom is 0.416 e. The maximum absolute atomic E-state index is 12.7. The zero-order chi connectivity index (χ0) is 14.8. The van der Waals surface area contributed by atoms with E-state index in [0.29, 0.717) is 18.5 Å². The second kappa shape index (κ2) is 5.83. The molecule has 20 heavy (non-hydrogen) atoms. The number of aliphatic hydroxyl groups excluding tert-OH is 1. The Morgan fingerprint density at radius 1 is 1.35 bits per heavy atom. The molecule has 1 saturated heterocycles. The molecule has 1 aliphatic heterocycles. The molecule has 110 valence electrons. The van der Waals surface area contributed by atoms with Gasteiger partial charge in [0.1, 0.15) is 6.61 Å². The molecule has 1 fully saturated rings. The molecule has 3 nitrogen and oxygen atoms in total. The van der Waals surface area contributed by atoms with Crippen molar-refractivity contribution >= 4 is 5.91 Å². The number of hydrogen-bond donors (Lipinski definition) is 1. The van der Waals surface area contributed by atoms with E-state index in [1.165, 1.54) is 11.0 Å². The first-order valence-corrected chi connectivity index (χ1v) is 6.51. The third kappa shape index (κ3) is 3.12. The van der Waals surface area contributed by atoms with E-state index in [4.69, 9.17) is 5.11 Å². The molecule has 1 aromatic rings. The highest BCUT2D eigenvalue weighted by molar-refractivity contribution is 5.77. The fourth-order valence-electron chi connectivity index (χ4n) is 2.59. The fraction of sp³-hybridized carbons (Fsp3) is 0.500. The number of carbonyl (C=O) groups excluding carboxylic acids is 1. The van der Waals surface area contributed by atoms with Gasteiger partial charge in [-0.25, -0.2) is 0 Å². The maximum atomic E-state index is 12.7. The number of aliphatic hydroxyl groups is 1. The minimum atomic E-state index is -4.39. The van der Waals surface area contributed by atoms with Crippen molar-refractivity contribution in [2.24, 2.45) is 0 Å². The minimum Gasteiger partial charge on any atom is -0.387 e. The van der Waals surface area contributed by atoms with Crippen LogP contribution in [0.15, 0.2) is 24.3 Å². The van der Waals surface area contributed by atoms with Gasteiger partial charge in [0.05, 0.1) is 11.6 Å². The predicted molar refractivity (Wildman–Crippen MR) is 66.8 cm³/mol. The third-order valence-corrected chi connectivity index (χ3v) is 3.56. The molecule has 0 saturated carbocycles. The van der Waals surface area contributed by atoms with Crippen molar-refractivity contribution in [3.63, 3.8) is 0 Å². The molecule has 6 heteroatoms. The van der Waals surface area contributed by atoms with Crippen molar-refractivity contribution in [3.8, 4) is 0 Å². The first-order chi connectivity index (χ1) is 9.43. The summed E-state index contributed by atoms with van der Waals surface area (Å²) in [6.07, 6.45) is -2.11. The topological polar surface area (TPSA) is 40.5 Å². The number of nitrogens with zero attached hydrogens (tertiary/aromatic N) is 1. The Hall–Kier alpha value is -1.56. The van der Waals surface area contributed by atoms with Crippen LogP contribution in [-0.2, 0) is 11.0 Å². The highest BCUT2D eigenvalue weighted by Gasteiger charge is 2.33. The van der Waals surface area contributed by atoms with Crippen molar-refractivity contribution in [3.05, 3.63) is 35.4 Å². The van der Waals surface area contributed by atoms with Gasteiger partial charge in [-0.3, -0.25) is 4.79 Å². The molecule has 1 atom stereocenters. The highest BCUT2D eigenvalue weighted by Crippen LogP contribution is 2.35. The van der Waals surface area contributed by atoms with Gasteiger partial charge in [0.15, 0.2) is 0 Å². The van der Waals surface area contributed by atoms with Gasteiger partial charge < -0.3 is 10.0 Å². The van der Waals surface area contributed by atoms with E-state index in [1.807, 2.05) is 0 Å². The number of halogens is 3. The van der Waals surface area contributed by atoms with Crippen molar-refractivity contribution in [1.29, 1.82) is 0 Å². The Labute approximate surface area is 115 Å². The van der Waals surface area contributed by atoms with Crippen LogP contribution in [0.3, 0.4) is 0 Å². The average molecular weight is 287 g/mol. The fourth-order valence-corrected chi connectivity index (χ4v) is 2.59. The highest BCUT2D eigenvalue weighted by atomic mass is 19.4. The van der Waals surface area contributed by atoms with Crippen LogP contribution in [0.4, 0.5) is 13.2 Å². The zero-order valence-corrected chi connectivity index (χ0v) is 10.9. The Morgan fingerprint density at radius 3 is 2.75 bits per heavy atom. The summed E-state index contributed by atoms with van der Waals surface area (Å²) < 4.78 is 38.2. The lowest BCUT2D eigenvalue weighted by Gasteiger charge is -2.36. The van der Waals surface area contributed by atoms with E-state index in [9.17, 15) is 18.0 Å². The summed E-state index contributed by atoms with van der Waals surface area (Å²) in [5, 5.41) is 8.96. The first-order valence-electron chi connectivity index (χ1n) is 6.51. The summed E-state index contributed by atoms with van der Waals surface area (Å²) in [5.41, 5.74) is -0.238. The molecular weight excluding hydrogens is 271 g/mol. The number of benzene rings is 1. The van der Waals surface area contributed by atoms with Crippen molar-refractivity contribution in [2.75, 3.05) is 13.2 Å². The number of alkyl halides is 3. The molecule has 1 heterocycles. The Morgan fingerprint density at radius 2 is 2.10 bits per heavy atom. The van der Waals surface area contributed by atoms with Gasteiger partial charge in [0, 0.05) is 6.54 Å². The lowest BCUT2D eigenvalue weighted by molar-refractivity contribution is -0.138. The number of hydrogen-bond acceptors (Lipinski definition) is 2. The number of carbonyl (C=O) groups is 1. The number of amides is 1. The standard InChI is InChI=1S/C14H16F3NO2/c15-14(16,17)11-5-3-4-10(8-11)12-6-1-2-7-18(12)13(20)9-19/h3-5,8,12,19H,1-2,6-7,9H2. The zero-order valence-electron chi connectivity index (χ0n) is 10.9. The Kier molecular flexibility index (Phi) is 4.32. The summed E-state index contributed by atoms with van der Waals surface area (Å²) >= 11 is 0. The van der Waals surface area contributed by atoms with Crippen molar-refractivity contribution in [1.82, 2.24) is 4.90 Å². The summed E-state index contributed by atoms with van der Waals surface area (Å²) in [6, 6.07) is 4.68. The largest absolute Gasteiger partial charge is 0.416 e. The average Bonchev–Trinajstić information content (AvgIpc) is 2.45. The summed E-state index contributed by atoms with van der Waals surface area (Å²) in [4.78, 5) is 13.2. The molecule has 1 aromatic carbocycles. The van der Waals surface area contributed by atoms with E-state index in [-0.39, 0.29) is 6.04 Å². The van der Waals surface area contributed by atoms with Crippen molar-refractivity contribution < 1.29 is 23.1 Å². The van der Waals surface area contributed by atoms with E-state index in [0.717, 1.165) is 25.0 Å². The third-order valence-electron chi connectivity index (χ3n) is 3.56. The van der Waals surface area contributed by atoms with E-state index in [2.05, 4.69) is 0 Å². The van der Waals surface area contributed by atoms with Crippen LogP contribution in [0, 0.1) is 0 Å². The quantitative estimate of drug-likeness (QED) is 0.908. The molecule has 1 aliphatic rings. The molecule has 1 N–H and O–H groups in total. The Balaban J connectivity index is 2.30. The minimum absolute atomic E-state index is 0.384. The van der Waals surface area contributed by atoms with Gasteiger partial charge in [-0.15, -0.1) is 0 Å². The lowest BCUT2D eigenvalue weighted by atomic mass is 9.94. The van der Waals surface area contributed by atoms with E-state index >= 15 is 0 Å². The van der Waals surface area contributed by atoms with E-state index in [1.54, 1.807) is 6.07 Å². The lowest BCUT2D eigenvalue weighted by Crippen LogP contribution is -2.40. The van der Waals surface area contributed by atoms with Crippen LogP contribution in [0.2, 0.25) is 0 Å². The van der Waals surface area contributed by atoms with Gasteiger partial charge in [-0.1, -0.05) is 12.1 Å². The molecule has 0 aromatic heterocycles. The van der Waals surface area contributed by atoms with Crippen LogP contribution < -0.4 is 0 Å². The van der Waals surface area contributed by atoms with Crippen LogP contribution in [0.1, 0.15) is 36.4 Å². The number of piperidine rings is 1. The van der Waals surface area contributed by atoms with Gasteiger partial charge in [0.25, 0.3) is 0 Å².